The van der Waals surface area contributed by atoms with Crippen LogP contribution in [0.3, 0.4) is 0 Å². The van der Waals surface area contributed by atoms with Crippen LogP contribution in [-0.4, -0.2) is 14.3 Å². The topological polar surface area (TPSA) is 54.5 Å². The maximum atomic E-state index is 13.2. The highest BCUT2D eigenvalue weighted by molar-refractivity contribution is 7.93. The van der Waals surface area contributed by atoms with E-state index in [1.807, 2.05) is 6.92 Å². The zero-order valence-electron chi connectivity index (χ0n) is 15.1. The molecule has 0 atom stereocenters. The van der Waals surface area contributed by atoms with Gasteiger partial charge in [0.15, 0.2) is 0 Å². The minimum absolute atomic E-state index is 0.0417. The third kappa shape index (κ3) is 4.50. The van der Waals surface area contributed by atoms with Gasteiger partial charge in [0.1, 0.15) is 0 Å². The highest BCUT2D eigenvalue weighted by Gasteiger charge is 2.29. The fraction of sp³-hybridized carbons (Fsp3) is 0.0455. The molecule has 0 bridgehead atoms. The van der Waals surface area contributed by atoms with E-state index in [2.05, 4.69) is 0 Å². The number of hydrogen-bond acceptors (Lipinski definition) is 3. The van der Waals surface area contributed by atoms with Crippen LogP contribution in [-0.2, 0) is 14.8 Å². The molecule has 0 saturated heterocycles. The minimum atomic E-state index is -4.07. The van der Waals surface area contributed by atoms with Gasteiger partial charge in [0.25, 0.3) is 15.9 Å². The van der Waals surface area contributed by atoms with Crippen molar-refractivity contribution in [1.29, 1.82) is 0 Å². The lowest BCUT2D eigenvalue weighted by atomic mass is 10.2. The van der Waals surface area contributed by atoms with E-state index >= 15 is 0 Å². The number of halogens is 1. The number of aryl methyl sites for hydroxylation is 1. The number of sulfonamides is 1. The lowest BCUT2D eigenvalue weighted by Gasteiger charge is -2.21. The quantitative estimate of drug-likeness (QED) is 0.550. The Morgan fingerprint density at radius 2 is 1.61 bits per heavy atom. The third-order valence-corrected chi connectivity index (χ3v) is 5.99. The van der Waals surface area contributed by atoms with Crippen molar-refractivity contribution in [3.63, 3.8) is 0 Å². The van der Waals surface area contributed by atoms with Crippen molar-refractivity contribution >= 4 is 39.3 Å². The van der Waals surface area contributed by atoms with Crippen molar-refractivity contribution in [1.82, 2.24) is 0 Å². The number of benzene rings is 3. The Morgan fingerprint density at radius 1 is 0.929 bits per heavy atom. The van der Waals surface area contributed by atoms with Gasteiger partial charge >= 0.3 is 0 Å². The van der Waals surface area contributed by atoms with E-state index in [1.165, 1.54) is 24.3 Å². The van der Waals surface area contributed by atoms with Crippen LogP contribution in [0.15, 0.2) is 89.8 Å². The molecule has 0 aromatic heterocycles. The number of rotatable bonds is 5. The van der Waals surface area contributed by atoms with E-state index < -0.39 is 15.9 Å². The zero-order valence-corrected chi connectivity index (χ0v) is 16.7. The number of anilines is 1. The van der Waals surface area contributed by atoms with Crippen molar-refractivity contribution in [2.75, 3.05) is 4.31 Å². The van der Waals surface area contributed by atoms with E-state index in [0.717, 1.165) is 9.87 Å². The molecule has 3 aromatic carbocycles. The van der Waals surface area contributed by atoms with Gasteiger partial charge in [0.2, 0.25) is 0 Å². The Morgan fingerprint density at radius 3 is 2.25 bits per heavy atom. The SMILES string of the molecule is Cc1ccc(N(C(=O)/C=C/c2cccc(Cl)c2)S(=O)(=O)c2ccccc2)cc1. The van der Waals surface area contributed by atoms with Crippen molar-refractivity contribution in [2.45, 2.75) is 11.8 Å². The smallest absolute Gasteiger partial charge is 0.268 e. The van der Waals surface area contributed by atoms with Gasteiger partial charge in [-0.25, -0.2) is 8.42 Å². The Labute approximate surface area is 169 Å². The van der Waals surface area contributed by atoms with Crippen LogP contribution in [0.1, 0.15) is 11.1 Å². The first-order valence-corrected chi connectivity index (χ1v) is 10.3. The molecule has 142 valence electrons. The summed E-state index contributed by atoms with van der Waals surface area (Å²) in [6.45, 7) is 1.89. The maximum absolute atomic E-state index is 13.2. The van der Waals surface area contributed by atoms with Gasteiger partial charge in [0.05, 0.1) is 10.6 Å². The molecule has 0 aliphatic heterocycles. The molecule has 3 rings (SSSR count). The predicted octanol–water partition coefficient (Wildman–Crippen LogP) is 5.08. The lowest BCUT2D eigenvalue weighted by molar-refractivity contribution is -0.113. The average molecular weight is 412 g/mol. The summed E-state index contributed by atoms with van der Waals surface area (Å²) in [4.78, 5) is 13.0. The maximum Gasteiger partial charge on any atom is 0.271 e. The van der Waals surface area contributed by atoms with Crippen LogP contribution in [0, 0.1) is 6.92 Å². The average Bonchev–Trinajstić information content (AvgIpc) is 2.69. The normalized spacial score (nSPS) is 11.5. The summed E-state index contributed by atoms with van der Waals surface area (Å²) in [5.41, 5.74) is 1.93. The first kappa shape index (κ1) is 19.9. The summed E-state index contributed by atoms with van der Waals surface area (Å²) < 4.78 is 27.2. The molecule has 4 nitrogen and oxygen atoms in total. The zero-order chi connectivity index (χ0) is 20.1. The monoisotopic (exact) mass is 411 g/mol. The minimum Gasteiger partial charge on any atom is -0.268 e. The molecule has 0 radical (unpaired) electrons. The molecule has 0 unspecified atom stereocenters. The number of carbonyl (C=O) groups is 1. The van der Waals surface area contributed by atoms with Gasteiger partial charge in [-0.2, -0.15) is 4.31 Å². The van der Waals surface area contributed by atoms with Crippen molar-refractivity contribution in [2.24, 2.45) is 0 Å². The molecular formula is C22H18ClNO3S. The lowest BCUT2D eigenvalue weighted by Crippen LogP contribution is -2.35. The number of carbonyl (C=O) groups excluding carboxylic acids is 1. The molecule has 0 aliphatic carbocycles. The summed E-state index contributed by atoms with van der Waals surface area (Å²) >= 11 is 5.96. The van der Waals surface area contributed by atoms with E-state index in [-0.39, 0.29) is 10.6 Å². The molecular weight excluding hydrogens is 394 g/mol. The van der Waals surface area contributed by atoms with Gasteiger partial charge in [-0.05, 0) is 55.0 Å². The summed E-state index contributed by atoms with van der Waals surface area (Å²) in [5.74, 6) is -0.673. The second-order valence-corrected chi connectivity index (χ2v) is 8.37. The van der Waals surface area contributed by atoms with Gasteiger partial charge in [0, 0.05) is 11.1 Å². The van der Waals surface area contributed by atoms with Crippen molar-refractivity contribution in [3.05, 3.63) is 101 Å². The van der Waals surface area contributed by atoms with Crippen LogP contribution in [0.5, 0.6) is 0 Å². The van der Waals surface area contributed by atoms with Crippen molar-refractivity contribution in [3.8, 4) is 0 Å². The highest BCUT2D eigenvalue weighted by atomic mass is 35.5. The number of hydrogen-bond donors (Lipinski definition) is 0. The Hall–Kier alpha value is -2.89. The first-order chi connectivity index (χ1) is 13.4. The first-order valence-electron chi connectivity index (χ1n) is 8.52. The standard InChI is InChI=1S/C22H18ClNO3S/c1-17-10-13-20(14-11-17)24(28(26,27)21-8-3-2-4-9-21)22(25)15-12-18-6-5-7-19(23)16-18/h2-16H,1H3/b15-12+. The van der Waals surface area contributed by atoms with E-state index in [0.29, 0.717) is 10.6 Å². The molecule has 0 heterocycles. The second-order valence-electron chi connectivity index (χ2n) is 6.14. The molecule has 0 spiro atoms. The summed E-state index contributed by atoms with van der Waals surface area (Å²) in [5, 5.41) is 0.530. The van der Waals surface area contributed by atoms with E-state index in [4.69, 9.17) is 11.6 Å². The third-order valence-electron chi connectivity index (χ3n) is 4.02. The fourth-order valence-corrected chi connectivity index (χ4v) is 4.22. The molecule has 0 N–H and O–H groups in total. The Balaban J connectivity index is 2.03. The number of amides is 1. The second kappa shape index (κ2) is 8.42. The summed E-state index contributed by atoms with van der Waals surface area (Å²) in [7, 11) is -4.07. The molecule has 6 heteroatoms. The molecule has 0 aliphatic rings. The van der Waals surface area contributed by atoms with E-state index in [1.54, 1.807) is 66.7 Å². The fourth-order valence-electron chi connectivity index (χ4n) is 2.61. The largest absolute Gasteiger partial charge is 0.271 e. The molecule has 28 heavy (non-hydrogen) atoms. The van der Waals surface area contributed by atoms with Crippen LogP contribution in [0.25, 0.3) is 6.08 Å². The summed E-state index contributed by atoms with van der Waals surface area (Å²) in [6, 6.07) is 21.6. The van der Waals surface area contributed by atoms with Crippen LogP contribution in [0.2, 0.25) is 5.02 Å². The molecule has 0 saturated carbocycles. The van der Waals surface area contributed by atoms with Crippen LogP contribution < -0.4 is 4.31 Å². The molecule has 0 fully saturated rings. The van der Waals surface area contributed by atoms with Crippen LogP contribution >= 0.6 is 11.6 Å². The van der Waals surface area contributed by atoms with Gasteiger partial charge in [-0.15, -0.1) is 0 Å². The van der Waals surface area contributed by atoms with Crippen molar-refractivity contribution < 1.29 is 13.2 Å². The van der Waals surface area contributed by atoms with Gasteiger partial charge in [-0.3, -0.25) is 4.79 Å². The Kier molecular flexibility index (Phi) is 5.97. The predicted molar refractivity (Wildman–Crippen MR) is 113 cm³/mol. The summed E-state index contributed by atoms with van der Waals surface area (Å²) in [6.07, 6.45) is 2.77. The molecule has 1 amide bonds. The van der Waals surface area contributed by atoms with Gasteiger partial charge < -0.3 is 0 Å². The van der Waals surface area contributed by atoms with Crippen LogP contribution in [0.4, 0.5) is 5.69 Å². The van der Waals surface area contributed by atoms with E-state index in [9.17, 15) is 13.2 Å². The highest BCUT2D eigenvalue weighted by Crippen LogP contribution is 2.25. The number of nitrogens with zero attached hydrogens (tertiary/aromatic N) is 1. The molecule has 3 aromatic rings. The Bertz CT molecular complexity index is 1110. The van der Waals surface area contributed by atoms with Gasteiger partial charge in [-0.1, -0.05) is 59.6 Å².